The molecule has 3 rings (SSSR count). The molecule has 0 saturated heterocycles. The van der Waals surface area contributed by atoms with Gasteiger partial charge in [-0.3, -0.25) is 4.79 Å². The van der Waals surface area contributed by atoms with E-state index in [-0.39, 0.29) is 5.56 Å². The van der Waals surface area contributed by atoms with Gasteiger partial charge in [0.2, 0.25) is 10.1 Å². The summed E-state index contributed by atoms with van der Waals surface area (Å²) in [5, 5.41) is 8.23. The average Bonchev–Trinajstić information content (AvgIpc) is 2.86. The van der Waals surface area contributed by atoms with Gasteiger partial charge in [0.15, 0.2) is 0 Å². The Hall–Kier alpha value is -2.21. The molecule has 2 heterocycles. The number of hydrogen-bond acceptors (Lipinski definition) is 5. The van der Waals surface area contributed by atoms with E-state index in [1.165, 1.54) is 44.8 Å². The summed E-state index contributed by atoms with van der Waals surface area (Å²) in [5.41, 5.74) is 3.82. The van der Waals surface area contributed by atoms with Crippen LogP contribution in [0.3, 0.4) is 0 Å². The maximum atomic E-state index is 11.6. The second-order valence-corrected chi connectivity index (χ2v) is 5.89. The number of benzene rings is 1. The first-order valence-corrected chi connectivity index (χ1v) is 7.60. The third-order valence-corrected chi connectivity index (χ3v) is 4.35. The summed E-state index contributed by atoms with van der Waals surface area (Å²) in [6.45, 7) is 5.03. The molecule has 0 spiro atoms. The maximum absolute atomic E-state index is 11.6. The first kappa shape index (κ1) is 13.8. The predicted octanol–water partition coefficient (Wildman–Crippen LogP) is 2.42. The minimum absolute atomic E-state index is 0.154. The van der Waals surface area contributed by atoms with Crippen LogP contribution in [0.15, 0.2) is 35.3 Å². The largest absolute Gasteiger partial charge is 0.360 e. The van der Waals surface area contributed by atoms with Crippen LogP contribution in [-0.2, 0) is 6.42 Å². The van der Waals surface area contributed by atoms with Crippen molar-refractivity contribution in [3.05, 3.63) is 57.5 Å². The summed E-state index contributed by atoms with van der Waals surface area (Å²) >= 11 is 1.38. The van der Waals surface area contributed by atoms with Crippen LogP contribution in [0.2, 0.25) is 0 Å². The van der Waals surface area contributed by atoms with Gasteiger partial charge in [0, 0.05) is 18.8 Å². The average molecular weight is 300 g/mol. The van der Waals surface area contributed by atoms with E-state index in [2.05, 4.69) is 47.4 Å². The van der Waals surface area contributed by atoms with Gasteiger partial charge in [-0.1, -0.05) is 29.5 Å². The van der Waals surface area contributed by atoms with Gasteiger partial charge in [-0.2, -0.15) is 4.52 Å². The summed E-state index contributed by atoms with van der Waals surface area (Å²) < 4.78 is 1.33. The number of fused-ring (bicyclic) bond motifs is 1. The highest BCUT2D eigenvalue weighted by atomic mass is 32.1. The Morgan fingerprint density at radius 3 is 2.71 bits per heavy atom. The Balaban J connectivity index is 1.72. The monoisotopic (exact) mass is 300 g/mol. The molecule has 3 aromatic rings. The quantitative estimate of drug-likeness (QED) is 0.804. The van der Waals surface area contributed by atoms with Crippen molar-refractivity contribution in [2.45, 2.75) is 20.3 Å². The number of nitrogens with one attached hydrogen (secondary N) is 1. The van der Waals surface area contributed by atoms with Gasteiger partial charge in [0.05, 0.1) is 0 Å². The smallest absolute Gasteiger partial charge is 0.275 e. The minimum atomic E-state index is -0.154. The molecule has 6 heteroatoms. The molecule has 0 bridgehead atoms. The van der Waals surface area contributed by atoms with Crippen LogP contribution in [0.5, 0.6) is 0 Å². The molecule has 0 aliphatic heterocycles. The molecule has 5 nitrogen and oxygen atoms in total. The van der Waals surface area contributed by atoms with Gasteiger partial charge in [0.25, 0.3) is 5.56 Å². The van der Waals surface area contributed by atoms with Crippen molar-refractivity contribution in [1.29, 1.82) is 0 Å². The Morgan fingerprint density at radius 2 is 2.00 bits per heavy atom. The number of rotatable bonds is 4. The van der Waals surface area contributed by atoms with Crippen molar-refractivity contribution in [2.75, 3.05) is 11.9 Å². The summed E-state index contributed by atoms with van der Waals surface area (Å²) in [7, 11) is 0. The highest BCUT2D eigenvalue weighted by Gasteiger charge is 2.06. The van der Waals surface area contributed by atoms with Crippen LogP contribution in [-0.4, -0.2) is 21.1 Å². The van der Waals surface area contributed by atoms with Gasteiger partial charge in [-0.05, 0) is 37.0 Å². The van der Waals surface area contributed by atoms with E-state index in [1.807, 2.05) is 0 Å². The lowest BCUT2D eigenvalue weighted by atomic mass is 10.0. The molecular formula is C15H16N4OS. The van der Waals surface area contributed by atoms with Crippen LogP contribution in [0.1, 0.15) is 16.7 Å². The number of nitrogens with zero attached hydrogens (tertiary/aromatic N) is 3. The molecule has 2 aromatic heterocycles. The Labute approximate surface area is 126 Å². The van der Waals surface area contributed by atoms with Gasteiger partial charge < -0.3 is 5.32 Å². The zero-order valence-corrected chi connectivity index (χ0v) is 12.8. The predicted molar refractivity (Wildman–Crippen MR) is 85.2 cm³/mol. The lowest BCUT2D eigenvalue weighted by molar-refractivity contribution is 0.890. The van der Waals surface area contributed by atoms with Crippen LogP contribution in [0, 0.1) is 13.8 Å². The fourth-order valence-electron chi connectivity index (χ4n) is 2.35. The van der Waals surface area contributed by atoms with Crippen molar-refractivity contribution in [2.24, 2.45) is 0 Å². The molecule has 1 N–H and O–H groups in total. The van der Waals surface area contributed by atoms with E-state index >= 15 is 0 Å². The van der Waals surface area contributed by atoms with Crippen LogP contribution in [0.4, 0.5) is 5.13 Å². The third-order valence-electron chi connectivity index (χ3n) is 3.47. The molecule has 0 amide bonds. The van der Waals surface area contributed by atoms with E-state index in [9.17, 15) is 4.79 Å². The molecule has 0 fully saturated rings. The molecule has 0 radical (unpaired) electrons. The zero-order chi connectivity index (χ0) is 14.8. The van der Waals surface area contributed by atoms with Gasteiger partial charge >= 0.3 is 0 Å². The van der Waals surface area contributed by atoms with E-state index in [0.29, 0.717) is 4.96 Å². The minimum Gasteiger partial charge on any atom is -0.360 e. The lowest BCUT2D eigenvalue weighted by Crippen LogP contribution is -2.13. The summed E-state index contributed by atoms with van der Waals surface area (Å²) in [5.74, 6) is 0. The normalized spacial score (nSPS) is 11.0. The van der Waals surface area contributed by atoms with Crippen LogP contribution >= 0.6 is 11.3 Å². The lowest BCUT2D eigenvalue weighted by Gasteiger charge is -2.09. The van der Waals surface area contributed by atoms with E-state index in [4.69, 9.17) is 0 Å². The van der Waals surface area contributed by atoms with E-state index < -0.39 is 0 Å². The Bertz CT molecular complexity index is 817. The topological polar surface area (TPSA) is 59.3 Å². The highest BCUT2D eigenvalue weighted by Crippen LogP contribution is 2.17. The Kier molecular flexibility index (Phi) is 3.70. The Morgan fingerprint density at radius 1 is 1.24 bits per heavy atom. The van der Waals surface area contributed by atoms with E-state index in [1.54, 1.807) is 0 Å². The summed E-state index contributed by atoms with van der Waals surface area (Å²) in [6, 6.07) is 7.74. The van der Waals surface area contributed by atoms with Crippen molar-refractivity contribution < 1.29 is 0 Å². The molecule has 0 unspecified atom stereocenters. The molecule has 0 aliphatic rings. The molecule has 108 valence electrons. The number of anilines is 1. The molecule has 0 saturated carbocycles. The number of hydrogen-bond donors (Lipinski definition) is 1. The van der Waals surface area contributed by atoms with Gasteiger partial charge in [-0.25, -0.2) is 4.98 Å². The zero-order valence-electron chi connectivity index (χ0n) is 12.0. The summed E-state index contributed by atoms with van der Waals surface area (Å²) in [6.07, 6.45) is 2.44. The molecule has 21 heavy (non-hydrogen) atoms. The number of aryl methyl sites for hydroxylation is 2. The van der Waals surface area contributed by atoms with Crippen molar-refractivity contribution in [1.82, 2.24) is 14.6 Å². The molecule has 1 aromatic carbocycles. The van der Waals surface area contributed by atoms with Crippen molar-refractivity contribution in [3.8, 4) is 0 Å². The number of aromatic nitrogens is 3. The SMILES string of the molecule is Cc1cccc(C)c1CCNc1nn2c(=O)ccnc2s1. The van der Waals surface area contributed by atoms with Gasteiger partial charge in [-0.15, -0.1) is 5.10 Å². The van der Waals surface area contributed by atoms with Crippen molar-refractivity contribution >= 4 is 21.4 Å². The first-order chi connectivity index (χ1) is 10.1. The highest BCUT2D eigenvalue weighted by molar-refractivity contribution is 7.20. The first-order valence-electron chi connectivity index (χ1n) is 6.79. The second-order valence-electron chi connectivity index (χ2n) is 4.93. The fourth-order valence-corrected chi connectivity index (χ4v) is 3.15. The maximum Gasteiger partial charge on any atom is 0.275 e. The summed E-state index contributed by atoms with van der Waals surface area (Å²) in [4.78, 5) is 16.4. The van der Waals surface area contributed by atoms with Crippen LogP contribution in [0.25, 0.3) is 4.96 Å². The van der Waals surface area contributed by atoms with Crippen LogP contribution < -0.4 is 10.9 Å². The van der Waals surface area contributed by atoms with Gasteiger partial charge in [0.1, 0.15) is 0 Å². The molecular weight excluding hydrogens is 284 g/mol. The third kappa shape index (κ3) is 2.80. The van der Waals surface area contributed by atoms with Crippen molar-refractivity contribution in [3.63, 3.8) is 0 Å². The second kappa shape index (κ2) is 5.65. The molecule has 0 aliphatic carbocycles. The van der Waals surface area contributed by atoms with E-state index in [0.717, 1.165) is 18.1 Å². The molecule has 0 atom stereocenters. The standard InChI is InChI=1S/C15H16N4OS/c1-10-4-3-5-11(2)12(10)6-8-16-14-18-19-13(20)7-9-17-15(19)21-14/h3-5,7,9H,6,8H2,1-2H3,(H,16,18). The fraction of sp³-hybridized carbons (Fsp3) is 0.267.